The fourth-order valence-corrected chi connectivity index (χ4v) is 4.02. The highest BCUT2D eigenvalue weighted by atomic mass is 16.5. The lowest BCUT2D eigenvalue weighted by Gasteiger charge is -2.20. The molecular weight excluding hydrogens is 596 g/mol. The maximum absolute atomic E-state index is 12.9. The van der Waals surface area contributed by atoms with Crippen LogP contribution in [0.2, 0.25) is 0 Å². The van der Waals surface area contributed by atoms with E-state index < -0.39 is 23.9 Å². The molecule has 0 saturated carbocycles. The monoisotopic (exact) mass is 632 g/mol. The van der Waals surface area contributed by atoms with Gasteiger partial charge in [0.2, 0.25) is 0 Å². The Labute approximate surface area is 267 Å². The molecule has 11 nitrogen and oxygen atoms in total. The number of allylic oxidation sites excluding steroid dienone is 2. The van der Waals surface area contributed by atoms with E-state index in [4.69, 9.17) is 28.4 Å². The zero-order chi connectivity index (χ0) is 33.3. The molecule has 0 aromatic heterocycles. The summed E-state index contributed by atoms with van der Waals surface area (Å²) in [7, 11) is 0. The van der Waals surface area contributed by atoms with E-state index in [1.54, 1.807) is 48.6 Å². The third-order valence-corrected chi connectivity index (χ3v) is 6.40. The molecule has 46 heavy (non-hydrogen) atoms. The Morgan fingerprint density at radius 2 is 1.22 bits per heavy atom. The normalized spacial score (nSPS) is 13.6. The van der Waals surface area contributed by atoms with Crippen LogP contribution in [0.15, 0.2) is 97.3 Å². The number of hydrogen-bond donors (Lipinski definition) is 0. The summed E-state index contributed by atoms with van der Waals surface area (Å²) in [6, 6.07) is 12.7. The Morgan fingerprint density at radius 1 is 0.717 bits per heavy atom. The summed E-state index contributed by atoms with van der Waals surface area (Å²) in [4.78, 5) is 59.9. The van der Waals surface area contributed by atoms with Crippen LogP contribution in [-0.4, -0.2) is 62.7 Å². The van der Waals surface area contributed by atoms with Gasteiger partial charge in [-0.3, -0.25) is 4.79 Å². The van der Waals surface area contributed by atoms with Gasteiger partial charge in [0.25, 0.3) is 0 Å². The first-order valence-electron chi connectivity index (χ1n) is 14.6. The second-order valence-electron chi connectivity index (χ2n) is 9.88. The third-order valence-electron chi connectivity index (χ3n) is 6.40. The highest BCUT2D eigenvalue weighted by molar-refractivity contribution is 5.99. The molecule has 11 heteroatoms. The average molecular weight is 633 g/mol. The first kappa shape index (κ1) is 35.0. The minimum atomic E-state index is -0.668. The van der Waals surface area contributed by atoms with Crippen molar-refractivity contribution in [2.24, 2.45) is 5.92 Å². The number of ether oxygens (including phenoxy) is 6. The molecule has 0 amide bonds. The molecule has 3 rings (SSSR count). The SMILES string of the molecule is C=CC(=O)OCCCOc1ccc(C(=O)OCC2C=C(OC(=O)c3ccc(OCCCOC(=O)C=C)cc3)C(C(C)=O)=CC2)cc1. The van der Waals surface area contributed by atoms with E-state index in [0.717, 1.165) is 12.2 Å². The highest BCUT2D eigenvalue weighted by Gasteiger charge is 2.24. The average Bonchev–Trinajstić information content (AvgIpc) is 3.07. The van der Waals surface area contributed by atoms with Crippen molar-refractivity contribution in [3.63, 3.8) is 0 Å². The third kappa shape index (κ3) is 11.6. The van der Waals surface area contributed by atoms with Gasteiger partial charge >= 0.3 is 23.9 Å². The van der Waals surface area contributed by atoms with Crippen LogP contribution >= 0.6 is 0 Å². The second kappa shape index (κ2) is 18.4. The molecule has 242 valence electrons. The molecule has 0 heterocycles. The summed E-state index contributed by atoms with van der Waals surface area (Å²) in [5, 5.41) is 0. The van der Waals surface area contributed by atoms with Crippen molar-refractivity contribution in [1.29, 1.82) is 0 Å². The van der Waals surface area contributed by atoms with Gasteiger partial charge in [-0.2, -0.15) is 0 Å². The molecule has 0 aliphatic heterocycles. The number of rotatable bonds is 18. The van der Waals surface area contributed by atoms with Crippen LogP contribution in [0.25, 0.3) is 0 Å². The largest absolute Gasteiger partial charge is 0.493 e. The molecule has 1 aliphatic rings. The van der Waals surface area contributed by atoms with Crippen LogP contribution in [0.5, 0.6) is 11.5 Å². The maximum atomic E-state index is 12.9. The van der Waals surface area contributed by atoms with E-state index in [1.807, 2.05) is 0 Å². The van der Waals surface area contributed by atoms with Crippen LogP contribution in [0.4, 0.5) is 0 Å². The smallest absolute Gasteiger partial charge is 0.343 e. The van der Waals surface area contributed by atoms with Gasteiger partial charge in [-0.1, -0.05) is 19.2 Å². The lowest BCUT2D eigenvalue weighted by atomic mass is 9.94. The number of benzene rings is 2. The van der Waals surface area contributed by atoms with Gasteiger partial charge in [0, 0.05) is 30.9 Å². The summed E-state index contributed by atoms with van der Waals surface area (Å²) in [5.41, 5.74) is 0.831. The Hall–Kier alpha value is -5.45. The van der Waals surface area contributed by atoms with Gasteiger partial charge in [0.05, 0.1) is 49.7 Å². The predicted octanol–water partition coefficient (Wildman–Crippen LogP) is 5.12. The first-order valence-corrected chi connectivity index (χ1v) is 14.6. The van der Waals surface area contributed by atoms with Crippen molar-refractivity contribution in [3.05, 3.63) is 108 Å². The minimum Gasteiger partial charge on any atom is -0.493 e. The van der Waals surface area contributed by atoms with E-state index in [1.165, 1.54) is 19.1 Å². The summed E-state index contributed by atoms with van der Waals surface area (Å²) >= 11 is 0. The topological polar surface area (TPSA) is 141 Å². The molecule has 0 radical (unpaired) electrons. The van der Waals surface area contributed by atoms with Crippen LogP contribution in [-0.2, 0) is 33.3 Å². The standard InChI is InChI=1S/C35H36O11/c1-4-32(37)43-20-6-18-41-28-13-9-26(10-14-28)34(39)45-23-25-8-17-30(24(3)36)31(22-25)46-35(40)27-11-15-29(16-12-27)42-19-7-21-44-33(38)5-2/h4-5,9-17,22,25H,1-2,6-8,18-21,23H2,3H3. The summed E-state index contributed by atoms with van der Waals surface area (Å²) in [6.07, 6.45) is 6.85. The zero-order valence-corrected chi connectivity index (χ0v) is 25.6. The van der Waals surface area contributed by atoms with E-state index in [9.17, 15) is 24.0 Å². The van der Waals surface area contributed by atoms with Crippen molar-refractivity contribution in [2.75, 3.05) is 33.0 Å². The Bertz CT molecular complexity index is 1470. The summed E-state index contributed by atoms with van der Waals surface area (Å²) in [6.45, 7) is 9.06. The lowest BCUT2D eigenvalue weighted by Crippen LogP contribution is -2.19. The lowest BCUT2D eigenvalue weighted by molar-refractivity contribution is -0.138. The number of Topliss-reactive ketones (excluding diaryl/α,β-unsaturated/α-hetero) is 1. The highest BCUT2D eigenvalue weighted by Crippen LogP contribution is 2.27. The molecule has 0 spiro atoms. The molecule has 2 aromatic carbocycles. The quantitative estimate of drug-likeness (QED) is 0.0936. The van der Waals surface area contributed by atoms with E-state index in [-0.39, 0.29) is 48.4 Å². The molecule has 0 fully saturated rings. The van der Waals surface area contributed by atoms with Crippen LogP contribution in [0, 0.1) is 5.92 Å². The maximum Gasteiger partial charge on any atom is 0.343 e. The number of carbonyl (C=O) groups is 5. The Morgan fingerprint density at radius 3 is 1.70 bits per heavy atom. The molecule has 1 atom stereocenters. The van der Waals surface area contributed by atoms with Gasteiger partial charge in [0.1, 0.15) is 17.3 Å². The predicted molar refractivity (Wildman–Crippen MR) is 166 cm³/mol. The van der Waals surface area contributed by atoms with Crippen molar-refractivity contribution in [3.8, 4) is 11.5 Å². The van der Waals surface area contributed by atoms with Gasteiger partial charge < -0.3 is 28.4 Å². The Balaban J connectivity index is 1.49. The van der Waals surface area contributed by atoms with Gasteiger partial charge in [-0.15, -0.1) is 0 Å². The van der Waals surface area contributed by atoms with Gasteiger partial charge in [-0.25, -0.2) is 19.2 Å². The number of hydrogen-bond acceptors (Lipinski definition) is 11. The van der Waals surface area contributed by atoms with Gasteiger partial charge in [0.15, 0.2) is 5.78 Å². The van der Waals surface area contributed by atoms with E-state index in [2.05, 4.69) is 13.2 Å². The zero-order valence-electron chi connectivity index (χ0n) is 25.6. The molecule has 0 saturated heterocycles. The molecule has 1 unspecified atom stereocenters. The van der Waals surface area contributed by atoms with E-state index in [0.29, 0.717) is 49.5 Å². The molecule has 1 aliphatic carbocycles. The van der Waals surface area contributed by atoms with Crippen molar-refractivity contribution < 1.29 is 52.4 Å². The number of esters is 4. The molecule has 0 bridgehead atoms. The number of carbonyl (C=O) groups excluding carboxylic acids is 5. The fourth-order valence-electron chi connectivity index (χ4n) is 4.02. The van der Waals surface area contributed by atoms with Gasteiger partial charge in [-0.05, 0) is 68.0 Å². The van der Waals surface area contributed by atoms with E-state index >= 15 is 0 Å². The molecule has 2 aromatic rings. The molecular formula is C35H36O11. The summed E-state index contributed by atoms with van der Waals surface area (Å²) < 4.78 is 32.0. The van der Waals surface area contributed by atoms with Crippen molar-refractivity contribution >= 4 is 29.7 Å². The van der Waals surface area contributed by atoms with Crippen LogP contribution < -0.4 is 9.47 Å². The minimum absolute atomic E-state index is 0.00206. The number of ketones is 1. The summed E-state index contributed by atoms with van der Waals surface area (Å²) in [5.74, 6) is -1.64. The van der Waals surface area contributed by atoms with Crippen LogP contribution in [0.3, 0.4) is 0 Å². The second-order valence-corrected chi connectivity index (χ2v) is 9.88. The van der Waals surface area contributed by atoms with Crippen molar-refractivity contribution in [2.45, 2.75) is 26.2 Å². The molecule has 0 N–H and O–H groups in total. The Kier molecular flexibility index (Phi) is 14.0. The van der Waals surface area contributed by atoms with Crippen LogP contribution in [0.1, 0.15) is 46.9 Å². The first-order chi connectivity index (χ1) is 22.2. The van der Waals surface area contributed by atoms with Crippen molar-refractivity contribution in [1.82, 2.24) is 0 Å². The fraction of sp³-hybridized carbons (Fsp3) is 0.286.